The molecule has 1 saturated heterocycles. The van der Waals surface area contributed by atoms with E-state index in [2.05, 4.69) is 15.5 Å². The zero-order chi connectivity index (χ0) is 17.0. The van der Waals surface area contributed by atoms with E-state index in [-0.39, 0.29) is 0 Å². The maximum Gasteiger partial charge on any atom is 0.211 e. The van der Waals surface area contributed by atoms with Crippen molar-refractivity contribution in [2.75, 3.05) is 24.7 Å². The number of rotatable bonds is 5. The molecule has 1 N–H and O–H groups in total. The van der Waals surface area contributed by atoms with Crippen LogP contribution in [0.25, 0.3) is 0 Å². The third-order valence-corrected chi connectivity index (χ3v) is 5.48. The molecule has 2 heterocycles. The number of para-hydroxylation sites is 1. The predicted molar refractivity (Wildman–Crippen MR) is 94.6 cm³/mol. The molecule has 0 aliphatic carbocycles. The number of nitrogens with one attached hydrogen (secondary N) is 1. The molecule has 1 aliphatic heterocycles. The molecule has 3 rings (SSSR count). The van der Waals surface area contributed by atoms with Crippen LogP contribution < -0.4 is 5.32 Å². The lowest BCUT2D eigenvalue weighted by Crippen LogP contribution is -2.39. The molecular weight excluding hydrogens is 324 g/mol. The average Bonchev–Trinajstić information content (AvgIpc) is 2.57. The number of anilines is 2. The zero-order valence-electron chi connectivity index (χ0n) is 13.7. The van der Waals surface area contributed by atoms with E-state index in [0.29, 0.717) is 24.8 Å². The van der Waals surface area contributed by atoms with Crippen LogP contribution in [-0.4, -0.2) is 42.3 Å². The molecule has 1 aromatic carbocycles. The largest absolute Gasteiger partial charge is 0.339 e. The Balaban J connectivity index is 1.60. The molecule has 128 valence electrons. The lowest BCUT2D eigenvalue weighted by Gasteiger charge is -2.30. The second-order valence-electron chi connectivity index (χ2n) is 6.23. The Morgan fingerprint density at radius 1 is 1.17 bits per heavy atom. The van der Waals surface area contributed by atoms with Crippen molar-refractivity contribution in [3.63, 3.8) is 0 Å². The Morgan fingerprint density at radius 2 is 1.96 bits per heavy atom. The van der Waals surface area contributed by atoms with Gasteiger partial charge in [-0.15, -0.1) is 5.10 Å². The van der Waals surface area contributed by atoms with E-state index in [1.165, 1.54) is 6.26 Å². The summed E-state index contributed by atoms with van der Waals surface area (Å²) in [5.41, 5.74) is 1.87. The molecule has 24 heavy (non-hydrogen) atoms. The van der Waals surface area contributed by atoms with Crippen LogP contribution in [0, 0.1) is 5.92 Å². The number of hydrogen-bond donors (Lipinski definition) is 1. The molecule has 0 unspecified atom stereocenters. The highest BCUT2D eigenvalue weighted by Crippen LogP contribution is 2.22. The number of aromatic nitrogens is 2. The van der Waals surface area contributed by atoms with E-state index >= 15 is 0 Å². The molecule has 0 amide bonds. The van der Waals surface area contributed by atoms with Crippen LogP contribution in [0.2, 0.25) is 0 Å². The van der Waals surface area contributed by atoms with E-state index in [1.54, 1.807) is 4.31 Å². The van der Waals surface area contributed by atoms with E-state index in [0.717, 1.165) is 30.6 Å². The van der Waals surface area contributed by atoms with Gasteiger partial charge in [0, 0.05) is 18.8 Å². The smallest absolute Gasteiger partial charge is 0.211 e. The van der Waals surface area contributed by atoms with E-state index < -0.39 is 10.0 Å². The van der Waals surface area contributed by atoms with Crippen molar-refractivity contribution in [3.05, 3.63) is 48.2 Å². The van der Waals surface area contributed by atoms with Gasteiger partial charge in [-0.05, 0) is 49.4 Å². The third kappa shape index (κ3) is 4.52. The summed E-state index contributed by atoms with van der Waals surface area (Å²) in [5.74, 6) is 1.00. The molecule has 2 aromatic rings. The van der Waals surface area contributed by atoms with Gasteiger partial charge in [0.1, 0.15) is 0 Å². The third-order valence-electron chi connectivity index (χ3n) is 4.21. The molecule has 1 atom stereocenters. The molecule has 7 heteroatoms. The maximum absolute atomic E-state index is 11.7. The van der Waals surface area contributed by atoms with Crippen LogP contribution in [0.4, 0.5) is 11.5 Å². The van der Waals surface area contributed by atoms with E-state index in [9.17, 15) is 8.42 Å². The minimum Gasteiger partial charge on any atom is -0.339 e. The van der Waals surface area contributed by atoms with Crippen molar-refractivity contribution in [2.45, 2.75) is 19.3 Å². The second-order valence-corrected chi connectivity index (χ2v) is 8.22. The lowest BCUT2D eigenvalue weighted by atomic mass is 9.94. The normalized spacial score (nSPS) is 19.1. The Kier molecular flexibility index (Phi) is 5.11. The average molecular weight is 346 g/mol. The fourth-order valence-electron chi connectivity index (χ4n) is 3.00. The van der Waals surface area contributed by atoms with Gasteiger partial charge in [0.05, 0.1) is 11.9 Å². The first-order valence-electron chi connectivity index (χ1n) is 8.10. The monoisotopic (exact) mass is 346 g/mol. The molecule has 0 spiro atoms. The topological polar surface area (TPSA) is 75.2 Å². The highest BCUT2D eigenvalue weighted by Gasteiger charge is 2.26. The quantitative estimate of drug-likeness (QED) is 0.900. The summed E-state index contributed by atoms with van der Waals surface area (Å²) in [6.45, 7) is 1.20. The van der Waals surface area contributed by atoms with Gasteiger partial charge >= 0.3 is 0 Å². The highest BCUT2D eigenvalue weighted by molar-refractivity contribution is 7.88. The summed E-state index contributed by atoms with van der Waals surface area (Å²) >= 11 is 0. The second kappa shape index (κ2) is 7.27. The Morgan fingerprint density at radius 3 is 2.62 bits per heavy atom. The van der Waals surface area contributed by atoms with Crippen molar-refractivity contribution < 1.29 is 8.42 Å². The van der Waals surface area contributed by atoms with E-state index in [1.807, 2.05) is 42.5 Å². The molecule has 0 bridgehead atoms. The minimum absolute atomic E-state index is 0.302. The lowest BCUT2D eigenvalue weighted by molar-refractivity contribution is 0.265. The van der Waals surface area contributed by atoms with Crippen LogP contribution in [0.3, 0.4) is 0 Å². The minimum atomic E-state index is -3.11. The summed E-state index contributed by atoms with van der Waals surface area (Å²) in [4.78, 5) is 0. The molecule has 1 fully saturated rings. The van der Waals surface area contributed by atoms with Crippen LogP contribution in [0.5, 0.6) is 0 Å². The Bertz CT molecular complexity index is 763. The van der Waals surface area contributed by atoms with Crippen molar-refractivity contribution >= 4 is 21.5 Å². The summed E-state index contributed by atoms with van der Waals surface area (Å²) in [5, 5.41) is 11.7. The molecule has 6 nitrogen and oxygen atoms in total. The summed E-state index contributed by atoms with van der Waals surface area (Å²) < 4.78 is 25.0. The number of nitrogens with zero attached hydrogens (tertiary/aromatic N) is 3. The number of hydrogen-bond acceptors (Lipinski definition) is 5. The van der Waals surface area contributed by atoms with Gasteiger partial charge < -0.3 is 5.32 Å². The van der Waals surface area contributed by atoms with Gasteiger partial charge in [0.15, 0.2) is 5.82 Å². The van der Waals surface area contributed by atoms with Crippen molar-refractivity contribution in [1.82, 2.24) is 14.5 Å². The number of sulfonamides is 1. The molecular formula is C17H22N4O2S. The number of piperidine rings is 1. The Labute approximate surface area is 143 Å². The first-order valence-corrected chi connectivity index (χ1v) is 9.95. The fraction of sp³-hybridized carbons (Fsp3) is 0.412. The first kappa shape index (κ1) is 16.9. The number of benzene rings is 1. The fourth-order valence-corrected chi connectivity index (χ4v) is 3.94. The van der Waals surface area contributed by atoms with Crippen molar-refractivity contribution in [2.24, 2.45) is 5.92 Å². The van der Waals surface area contributed by atoms with Gasteiger partial charge in [0.25, 0.3) is 0 Å². The van der Waals surface area contributed by atoms with Crippen molar-refractivity contribution in [1.29, 1.82) is 0 Å². The van der Waals surface area contributed by atoms with Crippen LogP contribution in [0.1, 0.15) is 18.5 Å². The predicted octanol–water partition coefficient (Wildman–Crippen LogP) is 2.43. The highest BCUT2D eigenvalue weighted by atomic mass is 32.2. The maximum atomic E-state index is 11.7. The molecule has 0 radical (unpaired) electrons. The van der Waals surface area contributed by atoms with E-state index in [4.69, 9.17) is 0 Å². The molecule has 1 aromatic heterocycles. The SMILES string of the molecule is CS(=O)(=O)N1CCC[C@H](Cc2ccc(Nc3ccccc3)nn2)C1. The standard InChI is InChI=1S/C17H22N4O2S/c1-24(22,23)21-11-5-6-14(13-21)12-16-9-10-17(20-19-16)18-15-7-3-2-4-8-15/h2-4,7-10,14H,5-6,11-13H2,1H3,(H,18,20)/t14-/m1/s1. The van der Waals surface area contributed by atoms with Gasteiger partial charge in [0.2, 0.25) is 10.0 Å². The van der Waals surface area contributed by atoms with Gasteiger partial charge in [-0.3, -0.25) is 0 Å². The Hall–Kier alpha value is -1.99. The van der Waals surface area contributed by atoms with Crippen LogP contribution >= 0.6 is 0 Å². The van der Waals surface area contributed by atoms with Gasteiger partial charge in [-0.2, -0.15) is 5.10 Å². The molecule has 0 saturated carbocycles. The van der Waals surface area contributed by atoms with Gasteiger partial charge in [-0.1, -0.05) is 18.2 Å². The molecule has 1 aliphatic rings. The van der Waals surface area contributed by atoms with Crippen molar-refractivity contribution in [3.8, 4) is 0 Å². The summed E-state index contributed by atoms with van der Waals surface area (Å²) in [6, 6.07) is 13.7. The van der Waals surface area contributed by atoms with Crippen LogP contribution in [0.15, 0.2) is 42.5 Å². The summed E-state index contributed by atoms with van der Waals surface area (Å²) in [7, 11) is -3.11. The summed E-state index contributed by atoms with van der Waals surface area (Å²) in [6.07, 6.45) is 3.96. The van der Waals surface area contributed by atoms with Gasteiger partial charge in [-0.25, -0.2) is 12.7 Å². The van der Waals surface area contributed by atoms with Crippen LogP contribution in [-0.2, 0) is 16.4 Å². The zero-order valence-corrected chi connectivity index (χ0v) is 14.5. The first-order chi connectivity index (χ1) is 11.5.